The molecule has 4 unspecified atom stereocenters. The maximum Gasteiger partial charge on any atom is 0.327 e. The molecule has 0 spiro atoms. The molecule has 2 fully saturated rings. The van der Waals surface area contributed by atoms with Crippen LogP contribution in [0, 0.1) is 17.8 Å². The second-order valence-corrected chi connectivity index (χ2v) is 6.68. The van der Waals surface area contributed by atoms with Gasteiger partial charge in [-0.1, -0.05) is 24.6 Å². The van der Waals surface area contributed by atoms with Crippen LogP contribution in [0.1, 0.15) is 31.2 Å². The largest absolute Gasteiger partial charge is 0.480 e. The number of rotatable bonds is 2. The van der Waals surface area contributed by atoms with Crippen LogP contribution in [0.2, 0.25) is 0 Å². The van der Waals surface area contributed by atoms with Crippen molar-refractivity contribution in [2.75, 3.05) is 4.90 Å². The molecule has 0 aromatic heterocycles. The Bertz CT molecular complexity index is 612. The molecular weight excluding hydrogens is 266 g/mol. The molecule has 1 aliphatic heterocycles. The van der Waals surface area contributed by atoms with E-state index in [0.717, 1.165) is 30.5 Å². The fraction of sp³-hybridized carbons (Fsp3) is 0.529. The van der Waals surface area contributed by atoms with Crippen LogP contribution in [0.3, 0.4) is 0 Å². The Labute approximate surface area is 123 Å². The molecule has 0 radical (unpaired) electrons. The van der Waals surface area contributed by atoms with Gasteiger partial charge in [-0.05, 0) is 42.7 Å². The zero-order valence-electron chi connectivity index (χ0n) is 11.9. The maximum atomic E-state index is 13.0. The highest BCUT2D eigenvalue weighted by Crippen LogP contribution is 2.50. The molecule has 4 heteroatoms. The Morgan fingerprint density at radius 1 is 1.14 bits per heavy atom. The van der Waals surface area contributed by atoms with Crippen LogP contribution in [-0.4, -0.2) is 23.0 Å². The summed E-state index contributed by atoms with van der Waals surface area (Å²) >= 11 is 0. The molecule has 1 aromatic rings. The lowest BCUT2D eigenvalue weighted by molar-refractivity contribution is -0.140. The Morgan fingerprint density at radius 3 is 2.62 bits per heavy atom. The molecule has 1 heterocycles. The van der Waals surface area contributed by atoms with E-state index >= 15 is 0 Å². The van der Waals surface area contributed by atoms with Gasteiger partial charge in [-0.3, -0.25) is 9.69 Å². The van der Waals surface area contributed by atoms with Crippen molar-refractivity contribution < 1.29 is 14.7 Å². The average molecular weight is 285 g/mol. The van der Waals surface area contributed by atoms with Crippen molar-refractivity contribution in [3.63, 3.8) is 0 Å². The lowest BCUT2D eigenvalue weighted by Crippen LogP contribution is -2.46. The van der Waals surface area contributed by atoms with Crippen molar-refractivity contribution in [1.29, 1.82) is 0 Å². The van der Waals surface area contributed by atoms with Crippen molar-refractivity contribution in [2.24, 2.45) is 17.8 Å². The third-order valence-corrected chi connectivity index (χ3v) is 5.55. The van der Waals surface area contributed by atoms with Gasteiger partial charge in [0.2, 0.25) is 5.91 Å². The van der Waals surface area contributed by atoms with Gasteiger partial charge in [0.05, 0.1) is 0 Å². The molecule has 4 nitrogen and oxygen atoms in total. The number of para-hydroxylation sites is 1. The first kappa shape index (κ1) is 12.9. The zero-order chi connectivity index (χ0) is 14.6. The van der Waals surface area contributed by atoms with Gasteiger partial charge < -0.3 is 5.11 Å². The van der Waals surface area contributed by atoms with E-state index in [1.165, 1.54) is 6.42 Å². The number of carboxylic acids is 1. The Kier molecular flexibility index (Phi) is 2.81. The Morgan fingerprint density at radius 2 is 1.95 bits per heavy atom. The normalized spacial score (nSPS) is 33.2. The van der Waals surface area contributed by atoms with Crippen molar-refractivity contribution in [3.8, 4) is 0 Å². The second kappa shape index (κ2) is 4.58. The smallest absolute Gasteiger partial charge is 0.327 e. The number of carbonyl (C=O) groups is 2. The number of hydrogen-bond acceptors (Lipinski definition) is 2. The van der Waals surface area contributed by atoms with E-state index in [2.05, 4.69) is 0 Å². The summed E-state index contributed by atoms with van der Waals surface area (Å²) in [4.78, 5) is 26.1. The number of amides is 1. The molecule has 1 N–H and O–H groups in total. The molecule has 4 rings (SSSR count). The molecule has 3 aliphatic rings. The summed E-state index contributed by atoms with van der Waals surface area (Å²) in [5, 5.41) is 9.49. The summed E-state index contributed by atoms with van der Waals surface area (Å²) < 4.78 is 0. The number of carbonyl (C=O) groups excluding carboxylic acids is 1. The highest BCUT2D eigenvalue weighted by molar-refractivity contribution is 6.03. The lowest BCUT2D eigenvalue weighted by Gasteiger charge is -2.29. The van der Waals surface area contributed by atoms with Crippen molar-refractivity contribution >= 4 is 17.6 Å². The topological polar surface area (TPSA) is 57.6 Å². The minimum atomic E-state index is -0.900. The van der Waals surface area contributed by atoms with E-state index in [1.807, 2.05) is 24.3 Å². The van der Waals surface area contributed by atoms with Gasteiger partial charge >= 0.3 is 5.97 Å². The standard InChI is InChI=1S/C17H19NO3/c19-16(13-8-10-5-6-11(13)7-10)18-14-4-2-1-3-12(14)9-15(18)17(20)21/h1-4,10-11,13,15H,5-9H2,(H,20,21). The third-order valence-electron chi connectivity index (χ3n) is 5.55. The molecule has 2 bridgehead atoms. The molecular formula is C17H19NO3. The molecule has 21 heavy (non-hydrogen) atoms. The number of benzene rings is 1. The summed E-state index contributed by atoms with van der Waals surface area (Å²) in [5.74, 6) is 0.341. The highest BCUT2D eigenvalue weighted by atomic mass is 16.4. The predicted octanol–water partition coefficient (Wildman–Crippen LogP) is 2.47. The molecule has 0 saturated heterocycles. The van der Waals surface area contributed by atoms with Crippen LogP contribution in [0.15, 0.2) is 24.3 Å². The average Bonchev–Trinajstić information content (AvgIpc) is 3.19. The van der Waals surface area contributed by atoms with Gasteiger partial charge in [0.25, 0.3) is 0 Å². The monoisotopic (exact) mass is 285 g/mol. The first-order valence-corrected chi connectivity index (χ1v) is 7.79. The summed E-state index contributed by atoms with van der Waals surface area (Å²) in [6, 6.07) is 6.87. The quantitative estimate of drug-likeness (QED) is 0.908. The SMILES string of the molecule is O=C(O)C1Cc2ccccc2N1C(=O)C1CC2CCC1C2. The van der Waals surface area contributed by atoms with Crippen LogP contribution in [0.25, 0.3) is 0 Å². The van der Waals surface area contributed by atoms with Crippen LogP contribution in [0.5, 0.6) is 0 Å². The summed E-state index contributed by atoms with van der Waals surface area (Å²) in [5.41, 5.74) is 1.78. The van der Waals surface area contributed by atoms with Gasteiger partial charge in [0, 0.05) is 18.0 Å². The van der Waals surface area contributed by atoms with Crippen molar-refractivity contribution in [1.82, 2.24) is 0 Å². The zero-order valence-corrected chi connectivity index (χ0v) is 11.9. The minimum absolute atomic E-state index is 0.0387. The summed E-state index contributed by atoms with van der Waals surface area (Å²) in [6.07, 6.45) is 4.91. The van der Waals surface area contributed by atoms with E-state index in [1.54, 1.807) is 4.90 Å². The first-order chi connectivity index (χ1) is 10.1. The van der Waals surface area contributed by atoms with Crippen LogP contribution < -0.4 is 4.90 Å². The van der Waals surface area contributed by atoms with E-state index < -0.39 is 12.0 Å². The maximum absolute atomic E-state index is 13.0. The van der Waals surface area contributed by atoms with Crippen molar-refractivity contribution in [3.05, 3.63) is 29.8 Å². The minimum Gasteiger partial charge on any atom is -0.480 e. The van der Waals surface area contributed by atoms with E-state index in [0.29, 0.717) is 18.3 Å². The molecule has 1 aromatic carbocycles. The number of anilines is 1. The highest BCUT2D eigenvalue weighted by Gasteiger charge is 2.48. The Balaban J connectivity index is 1.68. The third kappa shape index (κ3) is 1.88. The van der Waals surface area contributed by atoms with Crippen LogP contribution in [0.4, 0.5) is 5.69 Å². The fourth-order valence-electron chi connectivity index (χ4n) is 4.58. The Hall–Kier alpha value is -1.84. The molecule has 4 atom stereocenters. The van der Waals surface area contributed by atoms with Gasteiger partial charge in [-0.25, -0.2) is 4.79 Å². The van der Waals surface area contributed by atoms with Gasteiger partial charge in [0.1, 0.15) is 6.04 Å². The summed E-state index contributed by atoms with van der Waals surface area (Å²) in [7, 11) is 0. The van der Waals surface area contributed by atoms with E-state index in [-0.39, 0.29) is 11.8 Å². The van der Waals surface area contributed by atoms with Gasteiger partial charge in [-0.15, -0.1) is 0 Å². The predicted molar refractivity (Wildman–Crippen MR) is 78.0 cm³/mol. The number of nitrogens with zero attached hydrogens (tertiary/aromatic N) is 1. The number of aliphatic carboxylic acids is 1. The molecule has 1 amide bonds. The number of hydrogen-bond donors (Lipinski definition) is 1. The molecule has 2 aliphatic carbocycles. The fourth-order valence-corrected chi connectivity index (χ4v) is 4.58. The number of carboxylic acid groups (broad SMARTS) is 1. The summed E-state index contributed by atoms with van der Waals surface area (Å²) in [6.45, 7) is 0. The molecule has 2 saturated carbocycles. The van der Waals surface area contributed by atoms with Crippen LogP contribution in [-0.2, 0) is 16.0 Å². The lowest BCUT2D eigenvalue weighted by atomic mass is 9.87. The van der Waals surface area contributed by atoms with Crippen LogP contribution >= 0.6 is 0 Å². The van der Waals surface area contributed by atoms with Gasteiger partial charge in [0.15, 0.2) is 0 Å². The molecule has 110 valence electrons. The first-order valence-electron chi connectivity index (χ1n) is 7.79. The number of fused-ring (bicyclic) bond motifs is 3. The van der Waals surface area contributed by atoms with Gasteiger partial charge in [-0.2, -0.15) is 0 Å². The van der Waals surface area contributed by atoms with E-state index in [4.69, 9.17) is 0 Å². The van der Waals surface area contributed by atoms with Crippen molar-refractivity contribution in [2.45, 2.75) is 38.1 Å². The van der Waals surface area contributed by atoms with E-state index in [9.17, 15) is 14.7 Å². The second-order valence-electron chi connectivity index (χ2n) is 6.68.